The number of rotatable bonds is 4. The minimum Gasteiger partial charge on any atom is -0.304 e. The van der Waals surface area contributed by atoms with Crippen molar-refractivity contribution in [2.45, 2.75) is 10.9 Å². The molecule has 0 saturated carbocycles. The fraction of sp³-hybridized carbons (Fsp3) is 0.143. The summed E-state index contributed by atoms with van der Waals surface area (Å²) in [5.74, 6) is 1.14. The zero-order valence-corrected chi connectivity index (χ0v) is 13.5. The van der Waals surface area contributed by atoms with Gasteiger partial charge in [0.25, 0.3) is 0 Å². The van der Waals surface area contributed by atoms with Crippen molar-refractivity contribution in [3.05, 3.63) is 52.1 Å². The van der Waals surface area contributed by atoms with Gasteiger partial charge in [0.05, 0.1) is 4.88 Å². The third-order valence-electron chi connectivity index (χ3n) is 2.95. The lowest BCUT2D eigenvalue weighted by Crippen LogP contribution is -1.94. The van der Waals surface area contributed by atoms with Crippen molar-refractivity contribution in [3.63, 3.8) is 0 Å². The molecule has 0 N–H and O–H groups in total. The third kappa shape index (κ3) is 3.12. The zero-order chi connectivity index (χ0) is 14.8. The van der Waals surface area contributed by atoms with Crippen molar-refractivity contribution in [3.8, 4) is 10.7 Å². The van der Waals surface area contributed by atoms with Gasteiger partial charge in [-0.1, -0.05) is 35.5 Å². The second-order valence-electron chi connectivity index (χ2n) is 4.37. The third-order valence-corrected chi connectivity index (χ3v) is 5.24. The Morgan fingerprint density at radius 2 is 2.19 bits per heavy atom. The van der Waals surface area contributed by atoms with Crippen molar-refractivity contribution >= 4 is 34.7 Å². The molecule has 0 aliphatic carbocycles. The van der Waals surface area contributed by atoms with Crippen LogP contribution in [0, 0.1) is 5.82 Å². The Kier molecular flexibility index (Phi) is 4.28. The standard InChI is InChI=1S/C14H11ClFN3S2/c1-19-13(12-3-2-6-20-12)17-18-14(19)21-8-9-4-5-10(16)7-11(9)15/h2-7H,8H2,1H3. The maximum atomic E-state index is 13.0. The summed E-state index contributed by atoms with van der Waals surface area (Å²) in [6, 6.07) is 8.43. The normalized spacial score (nSPS) is 11.0. The van der Waals surface area contributed by atoms with Gasteiger partial charge in [0, 0.05) is 17.8 Å². The van der Waals surface area contributed by atoms with Gasteiger partial charge in [0.1, 0.15) is 5.82 Å². The molecule has 0 atom stereocenters. The highest BCUT2D eigenvalue weighted by molar-refractivity contribution is 7.98. The lowest BCUT2D eigenvalue weighted by atomic mass is 10.2. The Labute approximate surface area is 134 Å². The average molecular weight is 340 g/mol. The van der Waals surface area contributed by atoms with Crippen LogP contribution in [-0.2, 0) is 12.8 Å². The van der Waals surface area contributed by atoms with Crippen LogP contribution in [0.1, 0.15) is 5.56 Å². The molecule has 0 unspecified atom stereocenters. The highest BCUT2D eigenvalue weighted by Crippen LogP contribution is 2.29. The first kappa shape index (κ1) is 14.6. The van der Waals surface area contributed by atoms with Crippen LogP contribution in [0.4, 0.5) is 4.39 Å². The van der Waals surface area contributed by atoms with Crippen molar-refractivity contribution < 1.29 is 4.39 Å². The topological polar surface area (TPSA) is 30.7 Å². The number of benzene rings is 1. The highest BCUT2D eigenvalue weighted by Gasteiger charge is 2.12. The first-order valence-corrected chi connectivity index (χ1v) is 8.39. The first-order valence-electron chi connectivity index (χ1n) is 6.15. The van der Waals surface area contributed by atoms with Crippen molar-refractivity contribution in [1.82, 2.24) is 14.8 Å². The number of halogens is 2. The van der Waals surface area contributed by atoms with Crippen LogP contribution < -0.4 is 0 Å². The highest BCUT2D eigenvalue weighted by atomic mass is 35.5. The monoisotopic (exact) mass is 339 g/mol. The molecule has 3 rings (SSSR count). The molecule has 0 bridgehead atoms. The van der Waals surface area contributed by atoms with Crippen molar-refractivity contribution in [2.75, 3.05) is 0 Å². The summed E-state index contributed by atoms with van der Waals surface area (Å²) < 4.78 is 15.0. The fourth-order valence-corrected chi connectivity index (χ4v) is 3.81. The van der Waals surface area contributed by atoms with Gasteiger partial charge < -0.3 is 4.57 Å². The molecule has 2 aromatic heterocycles. The first-order chi connectivity index (χ1) is 10.1. The van der Waals surface area contributed by atoms with E-state index in [4.69, 9.17) is 11.6 Å². The fourth-order valence-electron chi connectivity index (χ4n) is 1.84. The van der Waals surface area contributed by atoms with E-state index in [0.717, 1.165) is 21.4 Å². The Morgan fingerprint density at radius 1 is 1.33 bits per heavy atom. The number of nitrogens with zero attached hydrogens (tertiary/aromatic N) is 3. The van der Waals surface area contributed by atoms with Gasteiger partial charge in [-0.2, -0.15) is 0 Å². The van der Waals surface area contributed by atoms with Crippen molar-refractivity contribution in [2.24, 2.45) is 7.05 Å². The molecule has 0 amide bonds. The molecule has 0 aliphatic rings. The largest absolute Gasteiger partial charge is 0.304 e. The molecular formula is C14H11ClFN3S2. The summed E-state index contributed by atoms with van der Waals surface area (Å²) in [6.07, 6.45) is 0. The molecule has 7 heteroatoms. The zero-order valence-electron chi connectivity index (χ0n) is 11.1. The second kappa shape index (κ2) is 6.17. The van der Waals surface area contributed by atoms with Crippen LogP contribution >= 0.6 is 34.7 Å². The van der Waals surface area contributed by atoms with E-state index in [0.29, 0.717) is 10.8 Å². The van der Waals surface area contributed by atoms with E-state index in [2.05, 4.69) is 10.2 Å². The van der Waals surface area contributed by atoms with Gasteiger partial charge in [0.15, 0.2) is 11.0 Å². The number of thioether (sulfide) groups is 1. The van der Waals surface area contributed by atoms with Crippen LogP contribution in [0.15, 0.2) is 40.9 Å². The predicted molar refractivity (Wildman–Crippen MR) is 85.3 cm³/mol. The number of hydrogen-bond acceptors (Lipinski definition) is 4. The Balaban J connectivity index is 1.77. The molecule has 3 nitrogen and oxygen atoms in total. The van der Waals surface area contributed by atoms with E-state index in [-0.39, 0.29) is 5.82 Å². The number of hydrogen-bond donors (Lipinski definition) is 0. The molecule has 0 saturated heterocycles. The smallest absolute Gasteiger partial charge is 0.191 e. The maximum Gasteiger partial charge on any atom is 0.191 e. The molecule has 1 aromatic carbocycles. The maximum absolute atomic E-state index is 13.0. The van der Waals surface area contributed by atoms with E-state index in [1.807, 2.05) is 29.1 Å². The van der Waals surface area contributed by atoms with Gasteiger partial charge in [0.2, 0.25) is 0 Å². The molecular weight excluding hydrogens is 329 g/mol. The number of thiophene rings is 1. The van der Waals surface area contributed by atoms with E-state index in [1.165, 1.54) is 23.9 Å². The minimum absolute atomic E-state index is 0.326. The lowest BCUT2D eigenvalue weighted by Gasteiger charge is -2.04. The Bertz CT molecular complexity index is 756. The summed E-state index contributed by atoms with van der Waals surface area (Å²) in [4.78, 5) is 1.08. The molecule has 0 radical (unpaired) electrons. The summed E-state index contributed by atoms with van der Waals surface area (Å²) >= 11 is 9.18. The van der Waals surface area contributed by atoms with Crippen LogP contribution in [0.3, 0.4) is 0 Å². The number of aromatic nitrogens is 3. The summed E-state index contributed by atoms with van der Waals surface area (Å²) in [5, 5.41) is 11.7. The molecule has 21 heavy (non-hydrogen) atoms. The van der Waals surface area contributed by atoms with Gasteiger partial charge >= 0.3 is 0 Å². The van der Waals surface area contributed by atoms with Crippen LogP contribution in [0.5, 0.6) is 0 Å². The van der Waals surface area contributed by atoms with E-state index >= 15 is 0 Å². The molecule has 0 spiro atoms. The Hall–Kier alpha value is -1.37. The molecule has 0 aliphatic heterocycles. The quantitative estimate of drug-likeness (QED) is 0.649. The van der Waals surface area contributed by atoms with Gasteiger partial charge in [-0.25, -0.2) is 4.39 Å². The average Bonchev–Trinajstić information content (AvgIpc) is 3.08. The van der Waals surface area contributed by atoms with Crippen molar-refractivity contribution in [1.29, 1.82) is 0 Å². The van der Waals surface area contributed by atoms with E-state index < -0.39 is 0 Å². The van der Waals surface area contributed by atoms with Crippen LogP contribution in [0.2, 0.25) is 5.02 Å². The molecule has 0 fully saturated rings. The Morgan fingerprint density at radius 3 is 2.90 bits per heavy atom. The predicted octanol–water partition coefficient (Wildman–Crippen LogP) is 4.63. The lowest BCUT2D eigenvalue weighted by molar-refractivity contribution is 0.627. The van der Waals surface area contributed by atoms with E-state index in [9.17, 15) is 4.39 Å². The van der Waals surface area contributed by atoms with Gasteiger partial charge in [-0.3, -0.25) is 0 Å². The van der Waals surface area contributed by atoms with Gasteiger partial charge in [-0.05, 0) is 29.1 Å². The molecule has 2 heterocycles. The molecule has 108 valence electrons. The summed E-state index contributed by atoms with van der Waals surface area (Å²) in [6.45, 7) is 0. The second-order valence-corrected chi connectivity index (χ2v) is 6.66. The van der Waals surface area contributed by atoms with E-state index in [1.54, 1.807) is 17.4 Å². The SMILES string of the molecule is Cn1c(SCc2ccc(F)cc2Cl)nnc1-c1cccs1. The molecule has 3 aromatic rings. The summed E-state index contributed by atoms with van der Waals surface area (Å²) in [5.41, 5.74) is 0.878. The van der Waals surface area contributed by atoms with Crippen LogP contribution in [0.25, 0.3) is 10.7 Å². The van der Waals surface area contributed by atoms with Gasteiger partial charge in [-0.15, -0.1) is 21.5 Å². The minimum atomic E-state index is -0.326. The summed E-state index contributed by atoms with van der Waals surface area (Å²) in [7, 11) is 1.93. The van der Waals surface area contributed by atoms with Crippen LogP contribution in [-0.4, -0.2) is 14.8 Å².